The SMILES string of the molecule is CCc1ccc(C(O)CC2OCCc3ccccc32)cc1. The van der Waals surface area contributed by atoms with Crippen LogP contribution >= 0.6 is 0 Å². The summed E-state index contributed by atoms with van der Waals surface area (Å²) in [6.45, 7) is 2.88. The second-order valence-electron chi connectivity index (χ2n) is 5.65. The van der Waals surface area contributed by atoms with Crippen molar-refractivity contribution in [3.8, 4) is 0 Å². The fourth-order valence-corrected chi connectivity index (χ4v) is 2.99. The second kappa shape index (κ2) is 6.42. The lowest BCUT2D eigenvalue weighted by Gasteiger charge is -2.27. The van der Waals surface area contributed by atoms with Gasteiger partial charge in [0.15, 0.2) is 0 Å². The van der Waals surface area contributed by atoms with E-state index in [1.54, 1.807) is 0 Å². The lowest BCUT2D eigenvalue weighted by Crippen LogP contribution is -2.18. The summed E-state index contributed by atoms with van der Waals surface area (Å²) >= 11 is 0. The molecule has 2 nitrogen and oxygen atoms in total. The number of aliphatic hydroxyl groups is 1. The van der Waals surface area contributed by atoms with Crippen LogP contribution in [-0.4, -0.2) is 11.7 Å². The molecule has 0 amide bonds. The van der Waals surface area contributed by atoms with Gasteiger partial charge in [-0.15, -0.1) is 0 Å². The summed E-state index contributed by atoms with van der Waals surface area (Å²) in [6.07, 6.45) is 2.12. The molecular formula is C19H22O2. The van der Waals surface area contributed by atoms with E-state index in [1.807, 2.05) is 18.2 Å². The van der Waals surface area contributed by atoms with Crippen LogP contribution in [0.1, 0.15) is 47.8 Å². The smallest absolute Gasteiger partial charge is 0.0855 e. The average molecular weight is 282 g/mol. The molecule has 0 saturated heterocycles. The number of hydrogen-bond donors (Lipinski definition) is 1. The molecule has 1 aliphatic rings. The molecular weight excluding hydrogens is 260 g/mol. The fraction of sp³-hybridized carbons (Fsp3) is 0.368. The summed E-state index contributed by atoms with van der Waals surface area (Å²) in [7, 11) is 0. The maximum absolute atomic E-state index is 10.5. The zero-order valence-corrected chi connectivity index (χ0v) is 12.5. The minimum absolute atomic E-state index is 0.00389. The van der Waals surface area contributed by atoms with Crippen molar-refractivity contribution < 1.29 is 9.84 Å². The Kier molecular flexibility index (Phi) is 4.37. The van der Waals surface area contributed by atoms with Crippen molar-refractivity contribution in [1.82, 2.24) is 0 Å². The highest BCUT2D eigenvalue weighted by Gasteiger charge is 2.23. The first kappa shape index (κ1) is 14.3. The Hall–Kier alpha value is -1.64. The van der Waals surface area contributed by atoms with E-state index in [2.05, 4.69) is 37.3 Å². The molecule has 2 atom stereocenters. The van der Waals surface area contributed by atoms with Crippen molar-refractivity contribution in [2.75, 3.05) is 6.61 Å². The maximum atomic E-state index is 10.5. The third-order valence-corrected chi connectivity index (χ3v) is 4.30. The molecule has 110 valence electrons. The molecule has 0 aliphatic carbocycles. The first-order valence-corrected chi connectivity index (χ1v) is 7.74. The Morgan fingerprint density at radius 2 is 1.90 bits per heavy atom. The van der Waals surface area contributed by atoms with Gasteiger partial charge in [-0.25, -0.2) is 0 Å². The van der Waals surface area contributed by atoms with Crippen molar-refractivity contribution >= 4 is 0 Å². The molecule has 0 fully saturated rings. The van der Waals surface area contributed by atoms with Crippen LogP contribution in [0.4, 0.5) is 0 Å². The van der Waals surface area contributed by atoms with Crippen LogP contribution in [0.3, 0.4) is 0 Å². The zero-order chi connectivity index (χ0) is 14.7. The van der Waals surface area contributed by atoms with E-state index in [9.17, 15) is 5.11 Å². The van der Waals surface area contributed by atoms with E-state index in [0.29, 0.717) is 6.42 Å². The van der Waals surface area contributed by atoms with Gasteiger partial charge in [-0.2, -0.15) is 0 Å². The predicted molar refractivity (Wildman–Crippen MR) is 84.2 cm³/mol. The molecule has 21 heavy (non-hydrogen) atoms. The Bertz CT molecular complexity index is 589. The predicted octanol–water partition coefficient (Wildman–Crippen LogP) is 3.99. The third kappa shape index (κ3) is 3.17. The quantitative estimate of drug-likeness (QED) is 0.919. The molecule has 2 aromatic carbocycles. The van der Waals surface area contributed by atoms with Crippen LogP contribution in [0.2, 0.25) is 0 Å². The van der Waals surface area contributed by atoms with Gasteiger partial charge in [-0.1, -0.05) is 55.5 Å². The molecule has 2 heteroatoms. The summed E-state index contributed by atoms with van der Waals surface area (Å²) in [5, 5.41) is 10.5. The zero-order valence-electron chi connectivity index (χ0n) is 12.5. The number of aryl methyl sites for hydroxylation is 1. The van der Waals surface area contributed by atoms with Gasteiger partial charge in [0.05, 0.1) is 18.8 Å². The normalized spacial score (nSPS) is 19.0. The lowest BCUT2D eigenvalue weighted by molar-refractivity contribution is 0.00377. The Labute approximate surface area is 126 Å². The van der Waals surface area contributed by atoms with E-state index in [0.717, 1.165) is 25.0 Å². The van der Waals surface area contributed by atoms with E-state index in [1.165, 1.54) is 16.7 Å². The highest BCUT2D eigenvalue weighted by molar-refractivity contribution is 5.31. The number of ether oxygens (including phenoxy) is 1. The van der Waals surface area contributed by atoms with E-state index in [4.69, 9.17) is 4.74 Å². The minimum Gasteiger partial charge on any atom is -0.388 e. The number of hydrogen-bond acceptors (Lipinski definition) is 2. The van der Waals surface area contributed by atoms with Crippen molar-refractivity contribution in [3.63, 3.8) is 0 Å². The van der Waals surface area contributed by atoms with E-state index in [-0.39, 0.29) is 6.10 Å². The highest BCUT2D eigenvalue weighted by atomic mass is 16.5. The van der Waals surface area contributed by atoms with Crippen LogP contribution in [0.25, 0.3) is 0 Å². The van der Waals surface area contributed by atoms with Crippen LogP contribution in [0.15, 0.2) is 48.5 Å². The van der Waals surface area contributed by atoms with Crippen LogP contribution in [0, 0.1) is 0 Å². The topological polar surface area (TPSA) is 29.5 Å². The summed E-state index contributed by atoms with van der Waals surface area (Å²) < 4.78 is 5.88. The van der Waals surface area contributed by atoms with E-state index < -0.39 is 6.10 Å². The molecule has 2 unspecified atom stereocenters. The largest absolute Gasteiger partial charge is 0.388 e. The third-order valence-electron chi connectivity index (χ3n) is 4.30. The number of aliphatic hydroxyl groups excluding tert-OH is 1. The van der Waals surface area contributed by atoms with Crippen LogP contribution < -0.4 is 0 Å². The molecule has 0 saturated carbocycles. The van der Waals surface area contributed by atoms with Gasteiger partial charge in [-0.3, -0.25) is 0 Å². The minimum atomic E-state index is -0.480. The molecule has 0 spiro atoms. The molecule has 2 aromatic rings. The Balaban J connectivity index is 1.74. The first-order chi connectivity index (χ1) is 10.3. The maximum Gasteiger partial charge on any atom is 0.0855 e. The molecule has 3 rings (SSSR count). The molecule has 0 radical (unpaired) electrons. The summed E-state index contributed by atoms with van der Waals surface area (Å²) in [4.78, 5) is 0. The monoisotopic (exact) mass is 282 g/mol. The summed E-state index contributed by atoms with van der Waals surface area (Å²) in [6, 6.07) is 16.6. The van der Waals surface area contributed by atoms with Gasteiger partial charge >= 0.3 is 0 Å². The summed E-state index contributed by atoms with van der Waals surface area (Å²) in [5.74, 6) is 0. The van der Waals surface area contributed by atoms with Crippen molar-refractivity contribution in [1.29, 1.82) is 0 Å². The van der Waals surface area contributed by atoms with E-state index >= 15 is 0 Å². The van der Waals surface area contributed by atoms with Gasteiger partial charge < -0.3 is 9.84 Å². The van der Waals surface area contributed by atoms with Gasteiger partial charge in [0.1, 0.15) is 0 Å². The van der Waals surface area contributed by atoms with Crippen molar-refractivity contribution in [3.05, 3.63) is 70.8 Å². The first-order valence-electron chi connectivity index (χ1n) is 7.74. The van der Waals surface area contributed by atoms with Crippen LogP contribution in [0.5, 0.6) is 0 Å². The fourth-order valence-electron chi connectivity index (χ4n) is 2.99. The molecule has 1 N–H and O–H groups in total. The average Bonchev–Trinajstić information content (AvgIpc) is 2.55. The van der Waals surface area contributed by atoms with Crippen LogP contribution in [-0.2, 0) is 17.6 Å². The Morgan fingerprint density at radius 1 is 1.14 bits per heavy atom. The highest BCUT2D eigenvalue weighted by Crippen LogP contribution is 2.34. The van der Waals surface area contributed by atoms with Crippen molar-refractivity contribution in [2.24, 2.45) is 0 Å². The lowest BCUT2D eigenvalue weighted by atomic mass is 9.92. The van der Waals surface area contributed by atoms with Gasteiger partial charge in [0.2, 0.25) is 0 Å². The molecule has 1 heterocycles. The standard InChI is InChI=1S/C19H22O2/c1-2-14-7-9-16(10-8-14)18(20)13-19-17-6-4-3-5-15(17)11-12-21-19/h3-10,18-20H,2,11-13H2,1H3. The molecule has 0 bridgehead atoms. The molecule has 1 aliphatic heterocycles. The number of rotatable bonds is 4. The van der Waals surface area contributed by atoms with Gasteiger partial charge in [0.25, 0.3) is 0 Å². The molecule has 0 aromatic heterocycles. The van der Waals surface area contributed by atoms with Crippen molar-refractivity contribution in [2.45, 2.75) is 38.4 Å². The number of benzene rings is 2. The summed E-state index contributed by atoms with van der Waals surface area (Å²) in [5.41, 5.74) is 4.85. The number of fused-ring (bicyclic) bond motifs is 1. The second-order valence-corrected chi connectivity index (χ2v) is 5.65. The van der Waals surface area contributed by atoms with Gasteiger partial charge in [0, 0.05) is 6.42 Å². The van der Waals surface area contributed by atoms with Gasteiger partial charge in [-0.05, 0) is 35.1 Å². The Morgan fingerprint density at radius 3 is 2.67 bits per heavy atom.